The fraction of sp³-hybridized carbons (Fsp3) is 0.333. The van der Waals surface area contributed by atoms with Crippen LogP contribution in [-0.4, -0.2) is 30.9 Å². The van der Waals surface area contributed by atoms with Crippen LogP contribution in [0.15, 0.2) is 30.6 Å². The van der Waals surface area contributed by atoms with Crippen molar-refractivity contribution in [1.29, 1.82) is 0 Å². The molecule has 1 heterocycles. The summed E-state index contributed by atoms with van der Waals surface area (Å²) >= 11 is 0. The first-order chi connectivity index (χ1) is 9.10. The van der Waals surface area contributed by atoms with Crippen LogP contribution in [0, 0.1) is 10.1 Å². The van der Waals surface area contributed by atoms with Crippen LogP contribution in [0.3, 0.4) is 0 Å². The number of aliphatic hydroxyl groups excluding tert-OH is 1. The number of aliphatic hydroxyl groups is 1. The highest BCUT2D eigenvalue weighted by Crippen LogP contribution is 2.18. The number of aromatic nitrogens is 3. The highest BCUT2D eigenvalue weighted by atomic mass is 16.6. The first kappa shape index (κ1) is 13.2. The molecule has 0 spiro atoms. The zero-order valence-corrected chi connectivity index (χ0v) is 10.4. The van der Waals surface area contributed by atoms with Gasteiger partial charge in [-0.2, -0.15) is 5.10 Å². The molecule has 0 bridgehead atoms. The lowest BCUT2D eigenvalue weighted by atomic mass is 10.2. The Morgan fingerprint density at radius 1 is 1.42 bits per heavy atom. The SMILES string of the molecule is CCC(O)Cn1cnc(-c2ccc([N+](=O)[O-])cc2)n1. The molecule has 0 aliphatic heterocycles. The maximum Gasteiger partial charge on any atom is 0.269 e. The van der Waals surface area contributed by atoms with Crippen LogP contribution in [0.1, 0.15) is 13.3 Å². The number of rotatable bonds is 5. The molecule has 0 aliphatic rings. The molecule has 0 radical (unpaired) electrons. The Bertz CT molecular complexity index is 565. The summed E-state index contributed by atoms with van der Waals surface area (Å²) in [5.74, 6) is 0.484. The van der Waals surface area contributed by atoms with E-state index in [1.165, 1.54) is 18.5 Å². The van der Waals surface area contributed by atoms with E-state index >= 15 is 0 Å². The van der Waals surface area contributed by atoms with Gasteiger partial charge in [-0.3, -0.25) is 10.1 Å². The summed E-state index contributed by atoms with van der Waals surface area (Å²) in [5.41, 5.74) is 0.736. The van der Waals surface area contributed by atoms with Gasteiger partial charge in [-0.1, -0.05) is 6.92 Å². The summed E-state index contributed by atoms with van der Waals surface area (Å²) in [7, 11) is 0. The molecule has 2 aromatic rings. The van der Waals surface area contributed by atoms with Crippen LogP contribution in [-0.2, 0) is 6.54 Å². The van der Waals surface area contributed by atoms with Gasteiger partial charge in [-0.05, 0) is 18.6 Å². The molecule has 0 saturated heterocycles. The van der Waals surface area contributed by atoms with E-state index in [-0.39, 0.29) is 5.69 Å². The zero-order chi connectivity index (χ0) is 13.8. The number of hydrogen-bond donors (Lipinski definition) is 1. The third kappa shape index (κ3) is 3.14. The fourth-order valence-electron chi connectivity index (χ4n) is 1.59. The molecule has 1 unspecified atom stereocenters. The van der Waals surface area contributed by atoms with E-state index in [0.717, 1.165) is 0 Å². The number of benzene rings is 1. The van der Waals surface area contributed by atoms with Crippen molar-refractivity contribution < 1.29 is 10.0 Å². The predicted molar refractivity (Wildman–Crippen MR) is 68.4 cm³/mol. The van der Waals surface area contributed by atoms with Gasteiger partial charge >= 0.3 is 0 Å². The second-order valence-corrected chi connectivity index (χ2v) is 4.16. The molecule has 0 saturated carbocycles. The van der Waals surface area contributed by atoms with E-state index in [1.54, 1.807) is 16.8 Å². The van der Waals surface area contributed by atoms with E-state index < -0.39 is 11.0 Å². The summed E-state index contributed by atoms with van der Waals surface area (Å²) < 4.78 is 1.56. The van der Waals surface area contributed by atoms with Gasteiger partial charge in [-0.25, -0.2) is 9.67 Å². The second-order valence-electron chi connectivity index (χ2n) is 4.16. The van der Waals surface area contributed by atoms with Gasteiger partial charge < -0.3 is 5.11 Å². The molecule has 1 atom stereocenters. The molecule has 19 heavy (non-hydrogen) atoms. The minimum absolute atomic E-state index is 0.0320. The van der Waals surface area contributed by atoms with Crippen LogP contribution in [0.25, 0.3) is 11.4 Å². The standard InChI is InChI=1S/C12H14N4O3/c1-2-11(17)7-15-8-13-12(14-15)9-3-5-10(6-4-9)16(18)19/h3-6,8,11,17H,2,7H2,1H3. The molecule has 7 heteroatoms. The van der Waals surface area contributed by atoms with Crippen LogP contribution in [0.2, 0.25) is 0 Å². The van der Waals surface area contributed by atoms with Crippen LogP contribution in [0.4, 0.5) is 5.69 Å². The highest BCUT2D eigenvalue weighted by molar-refractivity contribution is 5.56. The molecular weight excluding hydrogens is 248 g/mol. The minimum Gasteiger partial charge on any atom is -0.391 e. The number of nitro groups is 1. The van der Waals surface area contributed by atoms with Gasteiger partial charge in [0.15, 0.2) is 5.82 Å². The topological polar surface area (TPSA) is 94.1 Å². The second kappa shape index (κ2) is 5.57. The lowest BCUT2D eigenvalue weighted by Gasteiger charge is -2.05. The Morgan fingerprint density at radius 3 is 2.68 bits per heavy atom. The zero-order valence-electron chi connectivity index (χ0n) is 10.4. The number of hydrogen-bond acceptors (Lipinski definition) is 5. The van der Waals surface area contributed by atoms with Crippen molar-refractivity contribution in [2.24, 2.45) is 0 Å². The molecule has 1 aromatic heterocycles. The summed E-state index contributed by atoms with van der Waals surface area (Å²) in [6.07, 6.45) is 1.73. The molecular formula is C12H14N4O3. The minimum atomic E-state index is -0.452. The Labute approximate surface area is 109 Å². The van der Waals surface area contributed by atoms with E-state index in [9.17, 15) is 15.2 Å². The lowest BCUT2D eigenvalue weighted by Crippen LogP contribution is -2.14. The summed E-state index contributed by atoms with van der Waals surface area (Å²) in [5, 5.41) is 24.3. The molecule has 2 rings (SSSR count). The van der Waals surface area contributed by atoms with Gasteiger partial charge in [0.1, 0.15) is 6.33 Å². The van der Waals surface area contributed by atoms with Gasteiger partial charge in [0.25, 0.3) is 5.69 Å². The first-order valence-electron chi connectivity index (χ1n) is 5.92. The van der Waals surface area contributed by atoms with Crippen LogP contribution < -0.4 is 0 Å². The molecule has 100 valence electrons. The largest absolute Gasteiger partial charge is 0.391 e. The van der Waals surface area contributed by atoms with Gasteiger partial charge in [0.2, 0.25) is 0 Å². The van der Waals surface area contributed by atoms with Gasteiger partial charge in [-0.15, -0.1) is 0 Å². The summed E-state index contributed by atoms with van der Waals surface area (Å²) in [4.78, 5) is 14.2. The van der Waals surface area contributed by atoms with Crippen LogP contribution >= 0.6 is 0 Å². The quantitative estimate of drug-likeness (QED) is 0.652. The lowest BCUT2D eigenvalue weighted by molar-refractivity contribution is -0.384. The Hall–Kier alpha value is -2.28. The summed E-state index contributed by atoms with van der Waals surface area (Å²) in [6.45, 7) is 2.27. The number of nitro benzene ring substituents is 1. The predicted octanol–water partition coefficient (Wildman–Crippen LogP) is 1.62. The van der Waals surface area contributed by atoms with Gasteiger partial charge in [0, 0.05) is 17.7 Å². The van der Waals surface area contributed by atoms with E-state index in [4.69, 9.17) is 0 Å². The monoisotopic (exact) mass is 262 g/mol. The maximum absolute atomic E-state index is 10.5. The van der Waals surface area contributed by atoms with E-state index in [2.05, 4.69) is 10.1 Å². The number of nitrogens with zero attached hydrogens (tertiary/aromatic N) is 4. The van der Waals surface area contributed by atoms with Crippen molar-refractivity contribution in [2.75, 3.05) is 0 Å². The van der Waals surface area contributed by atoms with Crippen molar-refractivity contribution in [3.63, 3.8) is 0 Å². The molecule has 1 aromatic carbocycles. The average Bonchev–Trinajstić information content (AvgIpc) is 2.87. The number of non-ortho nitro benzene ring substituents is 1. The third-order valence-corrected chi connectivity index (χ3v) is 2.74. The van der Waals surface area contributed by atoms with Crippen molar-refractivity contribution in [2.45, 2.75) is 26.0 Å². The Balaban J connectivity index is 2.16. The molecule has 1 N–H and O–H groups in total. The fourth-order valence-corrected chi connectivity index (χ4v) is 1.59. The maximum atomic E-state index is 10.5. The van der Waals surface area contributed by atoms with Crippen molar-refractivity contribution in [3.8, 4) is 11.4 Å². The van der Waals surface area contributed by atoms with Crippen LogP contribution in [0.5, 0.6) is 0 Å². The smallest absolute Gasteiger partial charge is 0.269 e. The van der Waals surface area contributed by atoms with Crippen molar-refractivity contribution >= 4 is 5.69 Å². The highest BCUT2D eigenvalue weighted by Gasteiger charge is 2.09. The molecule has 0 amide bonds. The van der Waals surface area contributed by atoms with Crippen molar-refractivity contribution in [3.05, 3.63) is 40.7 Å². The normalized spacial score (nSPS) is 12.3. The van der Waals surface area contributed by atoms with Gasteiger partial charge in [0.05, 0.1) is 17.6 Å². The Kier molecular flexibility index (Phi) is 3.86. The average molecular weight is 262 g/mol. The molecule has 0 fully saturated rings. The van der Waals surface area contributed by atoms with E-state index in [1.807, 2.05) is 6.92 Å². The van der Waals surface area contributed by atoms with E-state index in [0.29, 0.717) is 24.4 Å². The Morgan fingerprint density at radius 2 is 2.11 bits per heavy atom. The van der Waals surface area contributed by atoms with Crippen molar-refractivity contribution in [1.82, 2.24) is 14.8 Å². The third-order valence-electron chi connectivity index (χ3n) is 2.74. The molecule has 0 aliphatic carbocycles. The molecule has 7 nitrogen and oxygen atoms in total. The first-order valence-corrected chi connectivity index (χ1v) is 5.92. The summed E-state index contributed by atoms with van der Waals surface area (Å²) in [6, 6.07) is 6.04.